The molecule has 1 aromatic rings. The number of anilines is 1. The largest absolute Gasteiger partial charge is 0.393 e. The van der Waals surface area contributed by atoms with Crippen LogP contribution in [0.2, 0.25) is 0 Å². The van der Waals surface area contributed by atoms with Gasteiger partial charge >= 0.3 is 0 Å². The molecule has 0 bridgehead atoms. The van der Waals surface area contributed by atoms with Crippen LogP contribution in [0.5, 0.6) is 0 Å². The van der Waals surface area contributed by atoms with Crippen molar-refractivity contribution in [3.05, 3.63) is 29.3 Å². The highest BCUT2D eigenvalue weighted by Crippen LogP contribution is 2.21. The van der Waals surface area contributed by atoms with E-state index in [1.807, 2.05) is 6.92 Å². The monoisotopic (exact) mass is 250 g/mol. The van der Waals surface area contributed by atoms with Crippen LogP contribution in [-0.2, 0) is 6.54 Å². The summed E-state index contributed by atoms with van der Waals surface area (Å²) in [7, 11) is 2.09. The first-order chi connectivity index (χ1) is 8.54. The van der Waals surface area contributed by atoms with Crippen LogP contribution in [-0.4, -0.2) is 31.3 Å². The van der Waals surface area contributed by atoms with Crippen molar-refractivity contribution in [2.75, 3.05) is 25.0 Å². The molecular formula is C15H26N2O. The normalized spacial score (nSPS) is 12.5. The van der Waals surface area contributed by atoms with Gasteiger partial charge in [0.05, 0.1) is 6.10 Å². The third kappa shape index (κ3) is 4.67. The summed E-state index contributed by atoms with van der Waals surface area (Å²) in [4.78, 5) is 2.22. The lowest BCUT2D eigenvalue weighted by Crippen LogP contribution is -2.24. The first-order valence-corrected chi connectivity index (χ1v) is 6.74. The summed E-state index contributed by atoms with van der Waals surface area (Å²) in [6.07, 6.45) is 0.556. The van der Waals surface area contributed by atoms with E-state index in [1.165, 1.54) is 16.8 Å². The zero-order chi connectivity index (χ0) is 13.5. The summed E-state index contributed by atoms with van der Waals surface area (Å²) in [5.74, 6) is 0. The summed E-state index contributed by atoms with van der Waals surface area (Å²) in [5, 5.41) is 12.7. The first-order valence-electron chi connectivity index (χ1n) is 6.74. The molecule has 102 valence electrons. The number of rotatable bonds is 7. The topological polar surface area (TPSA) is 35.5 Å². The summed E-state index contributed by atoms with van der Waals surface area (Å²) >= 11 is 0. The summed E-state index contributed by atoms with van der Waals surface area (Å²) < 4.78 is 0. The number of nitrogens with one attached hydrogen (secondary N) is 1. The van der Waals surface area contributed by atoms with Crippen LogP contribution in [0.1, 0.15) is 31.4 Å². The van der Waals surface area contributed by atoms with Crippen LogP contribution < -0.4 is 10.2 Å². The molecule has 0 aliphatic rings. The van der Waals surface area contributed by atoms with Gasteiger partial charge in [-0.3, -0.25) is 0 Å². The van der Waals surface area contributed by atoms with E-state index in [2.05, 4.69) is 49.3 Å². The number of aliphatic hydroxyl groups excluding tert-OH is 1. The van der Waals surface area contributed by atoms with Gasteiger partial charge in [-0.25, -0.2) is 0 Å². The number of nitrogens with zero attached hydrogens (tertiary/aromatic N) is 1. The number of aliphatic hydroxyl groups is 1. The molecule has 1 atom stereocenters. The second kappa shape index (κ2) is 7.39. The van der Waals surface area contributed by atoms with Crippen LogP contribution in [0.4, 0.5) is 5.69 Å². The van der Waals surface area contributed by atoms with E-state index in [9.17, 15) is 5.11 Å². The van der Waals surface area contributed by atoms with E-state index in [0.717, 1.165) is 26.1 Å². The van der Waals surface area contributed by atoms with Gasteiger partial charge in [0.25, 0.3) is 0 Å². The van der Waals surface area contributed by atoms with Gasteiger partial charge in [-0.05, 0) is 38.4 Å². The maximum atomic E-state index is 9.36. The standard InChI is InChI=1S/C15H26N2O/c1-5-16-11-14-10-12(2)6-7-15(14)17(4)9-8-13(3)18/h6-7,10,13,16,18H,5,8-9,11H2,1-4H3. The molecule has 0 saturated heterocycles. The lowest BCUT2D eigenvalue weighted by Gasteiger charge is -2.23. The highest BCUT2D eigenvalue weighted by molar-refractivity contribution is 5.54. The lowest BCUT2D eigenvalue weighted by atomic mass is 10.1. The van der Waals surface area contributed by atoms with Crippen LogP contribution >= 0.6 is 0 Å². The zero-order valence-corrected chi connectivity index (χ0v) is 12.0. The SMILES string of the molecule is CCNCc1cc(C)ccc1N(C)CCC(C)O. The molecule has 0 aliphatic carbocycles. The smallest absolute Gasteiger partial charge is 0.0528 e. The molecule has 0 saturated carbocycles. The third-order valence-electron chi connectivity index (χ3n) is 3.09. The van der Waals surface area contributed by atoms with Crippen molar-refractivity contribution in [3.63, 3.8) is 0 Å². The lowest BCUT2D eigenvalue weighted by molar-refractivity contribution is 0.187. The van der Waals surface area contributed by atoms with Gasteiger partial charge in [0.15, 0.2) is 0 Å². The molecule has 2 N–H and O–H groups in total. The first kappa shape index (κ1) is 15.0. The fourth-order valence-corrected chi connectivity index (χ4v) is 1.99. The molecule has 0 heterocycles. The molecular weight excluding hydrogens is 224 g/mol. The predicted molar refractivity (Wildman–Crippen MR) is 78.1 cm³/mol. The molecule has 3 heteroatoms. The number of benzene rings is 1. The average Bonchev–Trinajstić information content (AvgIpc) is 2.33. The van der Waals surface area contributed by atoms with Crippen molar-refractivity contribution in [2.24, 2.45) is 0 Å². The molecule has 0 radical (unpaired) electrons. The Morgan fingerprint density at radius 3 is 2.72 bits per heavy atom. The summed E-state index contributed by atoms with van der Waals surface area (Å²) in [6, 6.07) is 6.55. The minimum atomic E-state index is -0.241. The quantitative estimate of drug-likeness (QED) is 0.779. The Kier molecular flexibility index (Phi) is 6.16. The molecule has 1 unspecified atom stereocenters. The van der Waals surface area contributed by atoms with Gasteiger partial charge in [-0.1, -0.05) is 24.6 Å². The van der Waals surface area contributed by atoms with E-state index >= 15 is 0 Å². The fraction of sp³-hybridized carbons (Fsp3) is 0.600. The average molecular weight is 250 g/mol. The highest BCUT2D eigenvalue weighted by Gasteiger charge is 2.08. The second-order valence-corrected chi connectivity index (χ2v) is 4.97. The molecule has 1 aromatic carbocycles. The number of aryl methyl sites for hydroxylation is 1. The Morgan fingerprint density at radius 2 is 2.11 bits per heavy atom. The molecule has 0 spiro atoms. The Labute approximate surface area is 111 Å². The minimum absolute atomic E-state index is 0.241. The molecule has 1 rings (SSSR count). The Hall–Kier alpha value is -1.06. The van der Waals surface area contributed by atoms with Crippen molar-refractivity contribution in [3.8, 4) is 0 Å². The van der Waals surface area contributed by atoms with Crippen molar-refractivity contribution < 1.29 is 5.11 Å². The number of hydrogen-bond donors (Lipinski definition) is 2. The second-order valence-electron chi connectivity index (χ2n) is 4.97. The van der Waals surface area contributed by atoms with Crippen molar-refractivity contribution >= 4 is 5.69 Å². The maximum Gasteiger partial charge on any atom is 0.0528 e. The van der Waals surface area contributed by atoms with Crippen LogP contribution in [0.25, 0.3) is 0 Å². The number of hydrogen-bond acceptors (Lipinski definition) is 3. The summed E-state index contributed by atoms with van der Waals surface area (Å²) in [6.45, 7) is 8.82. The van der Waals surface area contributed by atoms with Gasteiger partial charge in [-0.15, -0.1) is 0 Å². The fourth-order valence-electron chi connectivity index (χ4n) is 1.99. The van der Waals surface area contributed by atoms with Gasteiger partial charge in [0.2, 0.25) is 0 Å². The highest BCUT2D eigenvalue weighted by atomic mass is 16.3. The summed E-state index contributed by atoms with van der Waals surface area (Å²) in [5.41, 5.74) is 3.86. The van der Waals surface area contributed by atoms with E-state index in [-0.39, 0.29) is 6.10 Å². The van der Waals surface area contributed by atoms with E-state index < -0.39 is 0 Å². The van der Waals surface area contributed by atoms with Crippen LogP contribution in [0.15, 0.2) is 18.2 Å². The molecule has 0 amide bonds. The molecule has 3 nitrogen and oxygen atoms in total. The third-order valence-corrected chi connectivity index (χ3v) is 3.09. The van der Waals surface area contributed by atoms with Crippen LogP contribution in [0, 0.1) is 6.92 Å². The predicted octanol–water partition coefficient (Wildman–Crippen LogP) is 2.31. The zero-order valence-electron chi connectivity index (χ0n) is 12.0. The van der Waals surface area contributed by atoms with E-state index in [1.54, 1.807) is 0 Å². The van der Waals surface area contributed by atoms with Crippen molar-refractivity contribution in [1.82, 2.24) is 5.32 Å². The van der Waals surface area contributed by atoms with Crippen molar-refractivity contribution in [2.45, 2.75) is 39.8 Å². The van der Waals surface area contributed by atoms with Crippen molar-refractivity contribution in [1.29, 1.82) is 0 Å². The van der Waals surface area contributed by atoms with Gasteiger partial charge in [-0.2, -0.15) is 0 Å². The molecule has 0 aliphatic heterocycles. The van der Waals surface area contributed by atoms with Gasteiger partial charge < -0.3 is 15.3 Å². The van der Waals surface area contributed by atoms with Crippen LogP contribution in [0.3, 0.4) is 0 Å². The molecule has 0 fully saturated rings. The molecule has 18 heavy (non-hydrogen) atoms. The Morgan fingerprint density at radius 1 is 1.39 bits per heavy atom. The van der Waals surface area contributed by atoms with E-state index in [4.69, 9.17) is 0 Å². The van der Waals surface area contributed by atoms with E-state index in [0.29, 0.717) is 0 Å². The maximum absolute atomic E-state index is 9.36. The molecule has 0 aromatic heterocycles. The van der Waals surface area contributed by atoms with Gasteiger partial charge in [0, 0.05) is 25.8 Å². The Balaban J connectivity index is 2.78. The Bertz CT molecular complexity index is 364. The minimum Gasteiger partial charge on any atom is -0.393 e. The van der Waals surface area contributed by atoms with Gasteiger partial charge in [0.1, 0.15) is 0 Å².